The Labute approximate surface area is 175 Å². The van der Waals surface area contributed by atoms with Gasteiger partial charge in [0.1, 0.15) is 13.1 Å². The van der Waals surface area contributed by atoms with Crippen molar-refractivity contribution in [2.24, 2.45) is 0 Å². The number of fused-ring (bicyclic) bond motifs is 1. The zero-order valence-corrected chi connectivity index (χ0v) is 17.5. The van der Waals surface area contributed by atoms with Crippen LogP contribution in [0, 0.1) is 0 Å². The molecule has 0 unspecified atom stereocenters. The molecule has 1 fully saturated rings. The molecule has 4 N–H and O–H groups in total. The summed E-state index contributed by atoms with van der Waals surface area (Å²) < 4.78 is 5.41. The van der Waals surface area contributed by atoms with Crippen molar-refractivity contribution in [2.75, 3.05) is 45.9 Å². The fourth-order valence-electron chi connectivity index (χ4n) is 3.76. The number of rotatable bonds is 7. The number of benzene rings is 1. The molecule has 1 atom stereocenters. The van der Waals surface area contributed by atoms with Gasteiger partial charge in [0.2, 0.25) is 0 Å². The summed E-state index contributed by atoms with van der Waals surface area (Å²) in [7, 11) is 0. The maximum atomic E-state index is 5.53. The second-order valence-electron chi connectivity index (χ2n) is 7.11. The average Bonchev–Trinajstić information content (AvgIpc) is 3.40. The van der Waals surface area contributed by atoms with Crippen molar-refractivity contribution in [1.29, 1.82) is 0 Å². The normalized spacial score (nSPS) is 16.1. The van der Waals surface area contributed by atoms with E-state index in [1.807, 2.05) is 0 Å². The maximum absolute atomic E-state index is 5.53. The Kier molecular flexibility index (Phi) is 6.59. The predicted molar refractivity (Wildman–Crippen MR) is 119 cm³/mol. The van der Waals surface area contributed by atoms with E-state index in [4.69, 9.17) is 17.0 Å². The summed E-state index contributed by atoms with van der Waals surface area (Å²) in [6.07, 6.45) is 2.13. The molecule has 1 aliphatic heterocycles. The Bertz CT molecular complexity index is 887. The van der Waals surface area contributed by atoms with Crippen LogP contribution in [0.3, 0.4) is 0 Å². The Morgan fingerprint density at radius 3 is 2.86 bits per heavy atom. The van der Waals surface area contributed by atoms with Gasteiger partial charge in [-0.2, -0.15) is 0 Å². The minimum absolute atomic E-state index is 0.265. The van der Waals surface area contributed by atoms with E-state index < -0.39 is 0 Å². The predicted octanol–water partition coefficient (Wildman–Crippen LogP) is 1.74. The molecule has 3 aromatic rings. The molecule has 2 aromatic heterocycles. The van der Waals surface area contributed by atoms with Gasteiger partial charge in [-0.15, -0.1) is 11.3 Å². The highest BCUT2D eigenvalue weighted by Crippen LogP contribution is 2.32. The molecule has 0 bridgehead atoms. The number of thiophene rings is 1. The topological polar surface area (TPSA) is 53.5 Å². The number of hydrogen-bond acceptors (Lipinski definition) is 3. The summed E-state index contributed by atoms with van der Waals surface area (Å²) in [5.41, 5.74) is 2.49. The highest BCUT2D eigenvalue weighted by atomic mass is 32.1. The standard InChI is InChI=1S/C21H26N4OS2/c27-21(22-7-8-25-9-11-26-12-10-25)24-15-18(20-6-3-13-28-20)17-14-23-19-5-2-1-4-16(17)19/h1-6,13-14,18,23H,7-12,15H2,(H2,22,24,27)/p+1/t18-/m1/s1. The van der Waals surface area contributed by atoms with Crippen LogP contribution in [0.1, 0.15) is 16.4 Å². The largest absolute Gasteiger partial charge is 0.370 e. The van der Waals surface area contributed by atoms with Crippen molar-refractivity contribution in [3.8, 4) is 0 Å². The van der Waals surface area contributed by atoms with Crippen molar-refractivity contribution in [2.45, 2.75) is 5.92 Å². The van der Waals surface area contributed by atoms with E-state index in [1.165, 1.54) is 21.3 Å². The Morgan fingerprint density at radius 2 is 2.04 bits per heavy atom. The van der Waals surface area contributed by atoms with Crippen LogP contribution >= 0.6 is 23.6 Å². The lowest BCUT2D eigenvalue weighted by molar-refractivity contribution is -0.906. The van der Waals surface area contributed by atoms with Gasteiger partial charge >= 0.3 is 0 Å². The summed E-state index contributed by atoms with van der Waals surface area (Å²) in [5, 5.41) is 11.0. The molecular formula is C21H27N4OS2+. The second-order valence-corrected chi connectivity index (χ2v) is 8.49. The first kappa shape index (κ1) is 19.4. The van der Waals surface area contributed by atoms with E-state index in [9.17, 15) is 0 Å². The van der Waals surface area contributed by atoms with Crippen molar-refractivity contribution in [3.63, 3.8) is 0 Å². The first-order valence-electron chi connectivity index (χ1n) is 9.83. The highest BCUT2D eigenvalue weighted by Gasteiger charge is 2.19. The number of aromatic nitrogens is 1. The molecule has 148 valence electrons. The van der Waals surface area contributed by atoms with Crippen molar-refractivity contribution < 1.29 is 9.64 Å². The van der Waals surface area contributed by atoms with Gasteiger partial charge in [-0.05, 0) is 35.3 Å². The Hall–Kier alpha value is -1.93. The Balaban J connectivity index is 1.36. The lowest BCUT2D eigenvalue weighted by Crippen LogP contribution is -3.14. The summed E-state index contributed by atoms with van der Waals surface area (Å²) >= 11 is 7.33. The van der Waals surface area contributed by atoms with Gasteiger partial charge < -0.3 is 25.3 Å². The number of morpholine rings is 1. The van der Waals surface area contributed by atoms with Crippen LogP contribution in [0.25, 0.3) is 10.9 Å². The molecule has 0 radical (unpaired) electrons. The third-order valence-corrected chi connectivity index (χ3v) is 6.59. The number of hydrogen-bond donors (Lipinski definition) is 4. The van der Waals surface area contributed by atoms with E-state index in [-0.39, 0.29) is 5.92 Å². The van der Waals surface area contributed by atoms with Crippen molar-refractivity contribution >= 4 is 39.6 Å². The van der Waals surface area contributed by atoms with Crippen molar-refractivity contribution in [3.05, 3.63) is 58.4 Å². The molecule has 0 saturated carbocycles. The number of thiocarbonyl (C=S) groups is 1. The van der Waals surface area contributed by atoms with Crippen LogP contribution in [-0.4, -0.2) is 56.0 Å². The SMILES string of the molecule is S=C(NCC[NH+]1CCOCC1)NC[C@@H](c1cccs1)c1c[nH]c2ccccc12. The second kappa shape index (κ2) is 9.52. The number of para-hydroxylation sites is 1. The fourth-order valence-corrected chi connectivity index (χ4v) is 4.79. The fraction of sp³-hybridized carbons (Fsp3) is 0.381. The lowest BCUT2D eigenvalue weighted by atomic mass is 9.97. The van der Waals surface area contributed by atoms with Crippen LogP contribution in [0.2, 0.25) is 0 Å². The first-order valence-corrected chi connectivity index (χ1v) is 11.1. The molecule has 0 amide bonds. The third-order valence-electron chi connectivity index (χ3n) is 5.31. The van der Waals surface area contributed by atoms with E-state index >= 15 is 0 Å². The van der Waals surface area contributed by atoms with Crippen LogP contribution in [0.15, 0.2) is 48.0 Å². The average molecular weight is 416 g/mol. The van der Waals surface area contributed by atoms with Gasteiger partial charge in [-0.3, -0.25) is 0 Å². The number of ether oxygens (including phenoxy) is 1. The molecule has 1 aliphatic rings. The van der Waals surface area contributed by atoms with Gasteiger partial charge in [-0.25, -0.2) is 0 Å². The number of nitrogens with one attached hydrogen (secondary N) is 4. The summed E-state index contributed by atoms with van der Waals surface area (Å²) in [5.74, 6) is 0.265. The monoisotopic (exact) mass is 415 g/mol. The highest BCUT2D eigenvalue weighted by molar-refractivity contribution is 7.80. The number of H-pyrrole nitrogens is 1. The van der Waals surface area contributed by atoms with E-state index in [2.05, 4.69) is 63.6 Å². The molecule has 0 spiro atoms. The Morgan fingerprint density at radius 1 is 1.18 bits per heavy atom. The summed E-state index contributed by atoms with van der Waals surface area (Å²) in [6, 6.07) is 12.8. The van der Waals surface area contributed by atoms with Crippen LogP contribution in [0.4, 0.5) is 0 Å². The van der Waals surface area contributed by atoms with E-state index in [0.717, 1.165) is 51.0 Å². The van der Waals surface area contributed by atoms with Crippen LogP contribution in [-0.2, 0) is 4.74 Å². The van der Waals surface area contributed by atoms with Crippen LogP contribution in [0.5, 0.6) is 0 Å². The van der Waals surface area contributed by atoms with E-state index in [0.29, 0.717) is 0 Å². The first-order chi connectivity index (χ1) is 13.8. The maximum Gasteiger partial charge on any atom is 0.166 e. The molecular weight excluding hydrogens is 388 g/mol. The molecule has 1 aromatic carbocycles. The van der Waals surface area contributed by atoms with Gasteiger partial charge in [0, 0.05) is 34.4 Å². The minimum atomic E-state index is 0.265. The van der Waals surface area contributed by atoms with Gasteiger partial charge in [0.05, 0.1) is 26.3 Å². The smallest absolute Gasteiger partial charge is 0.166 e. The molecule has 0 aliphatic carbocycles. The van der Waals surface area contributed by atoms with Crippen molar-refractivity contribution in [1.82, 2.24) is 15.6 Å². The molecule has 5 nitrogen and oxygen atoms in total. The van der Waals surface area contributed by atoms with Gasteiger partial charge in [-0.1, -0.05) is 24.3 Å². The minimum Gasteiger partial charge on any atom is -0.370 e. The van der Waals surface area contributed by atoms with Gasteiger partial charge in [0.15, 0.2) is 5.11 Å². The molecule has 4 rings (SSSR count). The summed E-state index contributed by atoms with van der Waals surface area (Å²) in [6.45, 7) is 6.64. The molecule has 28 heavy (non-hydrogen) atoms. The number of aromatic amines is 1. The zero-order chi connectivity index (χ0) is 19.2. The molecule has 7 heteroatoms. The lowest BCUT2D eigenvalue weighted by Gasteiger charge is -2.24. The molecule has 3 heterocycles. The quantitative estimate of drug-likeness (QED) is 0.444. The zero-order valence-electron chi connectivity index (χ0n) is 15.9. The van der Waals surface area contributed by atoms with Crippen LogP contribution < -0.4 is 15.5 Å². The van der Waals surface area contributed by atoms with E-state index in [1.54, 1.807) is 16.2 Å². The van der Waals surface area contributed by atoms with Gasteiger partial charge in [0.25, 0.3) is 0 Å². The number of quaternary nitrogens is 1. The third kappa shape index (κ3) is 4.72. The molecule has 1 saturated heterocycles. The summed E-state index contributed by atoms with van der Waals surface area (Å²) in [4.78, 5) is 6.33.